The van der Waals surface area contributed by atoms with Crippen LogP contribution < -0.4 is 0 Å². The summed E-state index contributed by atoms with van der Waals surface area (Å²) in [6.07, 6.45) is 0. The van der Waals surface area contributed by atoms with Crippen molar-refractivity contribution < 1.29 is 0 Å². The third kappa shape index (κ3) is 3.93. The Morgan fingerprint density at radius 1 is 0.692 bits per heavy atom. The van der Waals surface area contributed by atoms with Gasteiger partial charge in [0.1, 0.15) is 0 Å². The van der Waals surface area contributed by atoms with E-state index in [0.717, 1.165) is 0 Å². The van der Waals surface area contributed by atoms with Gasteiger partial charge in [0.05, 0.1) is 0 Å². The molecule has 13 heavy (non-hydrogen) atoms. The summed E-state index contributed by atoms with van der Waals surface area (Å²) in [6.45, 7) is 18.3. The van der Waals surface area contributed by atoms with Gasteiger partial charge in [-0.1, -0.05) is 55.4 Å². The molecule has 0 radical (unpaired) electrons. The Balaban J connectivity index is 5.02. The Morgan fingerprint density at radius 2 is 0.923 bits per heavy atom. The van der Waals surface area contributed by atoms with Gasteiger partial charge in [0.15, 0.2) is 0 Å². The Hall–Kier alpha value is 0.350. The van der Waals surface area contributed by atoms with Crippen LogP contribution >= 0.6 is 12.6 Å². The predicted octanol–water partition coefficient (Wildman–Crippen LogP) is 4.40. The first-order valence-corrected chi connectivity index (χ1v) is 5.54. The van der Waals surface area contributed by atoms with Crippen molar-refractivity contribution in [3.8, 4) is 0 Å². The maximum atomic E-state index is 4.74. The molecule has 0 bridgehead atoms. The molecule has 80 valence electrons. The highest BCUT2D eigenvalue weighted by Crippen LogP contribution is 2.48. The minimum absolute atomic E-state index is 0.0799. The van der Waals surface area contributed by atoms with Gasteiger partial charge in [-0.15, -0.1) is 0 Å². The Morgan fingerprint density at radius 3 is 0.923 bits per heavy atom. The van der Waals surface area contributed by atoms with Gasteiger partial charge >= 0.3 is 0 Å². The molecule has 0 nitrogen and oxygen atoms in total. The van der Waals surface area contributed by atoms with Crippen LogP contribution in [0.25, 0.3) is 0 Å². The maximum Gasteiger partial charge on any atom is 0.0111 e. The molecule has 0 heterocycles. The van der Waals surface area contributed by atoms with Crippen LogP contribution in [0.1, 0.15) is 55.4 Å². The second kappa shape index (κ2) is 3.49. The molecule has 0 amide bonds. The summed E-state index contributed by atoms with van der Waals surface area (Å²) in [5.41, 5.74) is 0.618. The van der Waals surface area contributed by atoms with E-state index in [1.165, 1.54) is 0 Å². The van der Waals surface area contributed by atoms with Crippen molar-refractivity contribution in [2.75, 3.05) is 0 Å². The fraction of sp³-hybridized carbons (Fsp3) is 1.00. The first-order valence-electron chi connectivity index (χ1n) is 5.09. The summed E-state index contributed by atoms with van der Waals surface area (Å²) in [7, 11) is 0. The van der Waals surface area contributed by atoms with Crippen molar-refractivity contribution in [2.24, 2.45) is 16.7 Å². The molecule has 0 aliphatic rings. The maximum absolute atomic E-state index is 4.74. The zero-order valence-corrected chi connectivity index (χ0v) is 11.4. The van der Waals surface area contributed by atoms with E-state index >= 15 is 0 Å². The van der Waals surface area contributed by atoms with E-state index in [-0.39, 0.29) is 4.75 Å². The highest BCUT2D eigenvalue weighted by atomic mass is 32.1. The average Bonchev–Trinajstić information content (AvgIpc) is 1.44. The Labute approximate surface area is 89.9 Å². The van der Waals surface area contributed by atoms with Crippen molar-refractivity contribution >= 4 is 12.6 Å². The van der Waals surface area contributed by atoms with Crippen molar-refractivity contribution in [2.45, 2.75) is 60.1 Å². The molecule has 0 N–H and O–H groups in total. The average molecular weight is 202 g/mol. The SMILES string of the molecule is CC(C)(C)C(C(C)(C)C)C(C)(C)S. The van der Waals surface area contributed by atoms with Crippen LogP contribution in [-0.2, 0) is 0 Å². The molecular weight excluding hydrogens is 176 g/mol. The van der Waals surface area contributed by atoms with E-state index in [9.17, 15) is 0 Å². The molecular formula is C12H26S. The van der Waals surface area contributed by atoms with Crippen molar-refractivity contribution in [1.29, 1.82) is 0 Å². The van der Waals surface area contributed by atoms with Gasteiger partial charge in [-0.25, -0.2) is 0 Å². The fourth-order valence-electron chi connectivity index (χ4n) is 3.42. The lowest BCUT2D eigenvalue weighted by atomic mass is 9.61. The van der Waals surface area contributed by atoms with Crippen molar-refractivity contribution in [3.63, 3.8) is 0 Å². The topological polar surface area (TPSA) is 0 Å². The third-order valence-corrected chi connectivity index (χ3v) is 2.70. The molecule has 0 aliphatic heterocycles. The Bertz CT molecular complexity index is 128. The van der Waals surface area contributed by atoms with Crippen LogP contribution in [-0.4, -0.2) is 4.75 Å². The van der Waals surface area contributed by atoms with Crippen LogP contribution in [0.2, 0.25) is 0 Å². The lowest BCUT2D eigenvalue weighted by molar-refractivity contribution is 0.0737. The summed E-state index contributed by atoms with van der Waals surface area (Å²) < 4.78 is 0.0799. The lowest BCUT2D eigenvalue weighted by Crippen LogP contribution is -2.44. The summed E-state index contributed by atoms with van der Waals surface area (Å²) in [4.78, 5) is 0. The lowest BCUT2D eigenvalue weighted by Gasteiger charge is -2.48. The zero-order valence-electron chi connectivity index (χ0n) is 10.5. The van der Waals surface area contributed by atoms with E-state index in [4.69, 9.17) is 12.6 Å². The summed E-state index contributed by atoms with van der Waals surface area (Å²) in [5, 5.41) is 0. The second-order valence-corrected chi connectivity index (χ2v) is 7.97. The van der Waals surface area contributed by atoms with Crippen molar-refractivity contribution in [3.05, 3.63) is 0 Å². The molecule has 0 fully saturated rings. The van der Waals surface area contributed by atoms with Crippen LogP contribution in [0.15, 0.2) is 0 Å². The molecule has 0 unspecified atom stereocenters. The van der Waals surface area contributed by atoms with Crippen LogP contribution in [0.4, 0.5) is 0 Å². The van der Waals surface area contributed by atoms with Gasteiger partial charge in [0, 0.05) is 4.75 Å². The van der Waals surface area contributed by atoms with E-state index in [1.807, 2.05) is 0 Å². The molecule has 0 atom stereocenters. The van der Waals surface area contributed by atoms with Gasteiger partial charge in [0.25, 0.3) is 0 Å². The summed E-state index contributed by atoms with van der Waals surface area (Å²) in [6, 6.07) is 0. The smallest absolute Gasteiger partial charge is 0.0111 e. The van der Waals surface area contributed by atoms with E-state index < -0.39 is 0 Å². The minimum Gasteiger partial charge on any atom is -0.173 e. The largest absolute Gasteiger partial charge is 0.173 e. The van der Waals surface area contributed by atoms with Crippen LogP contribution in [0, 0.1) is 16.7 Å². The van der Waals surface area contributed by atoms with E-state index in [0.29, 0.717) is 16.7 Å². The molecule has 0 saturated heterocycles. The summed E-state index contributed by atoms with van der Waals surface area (Å²) >= 11 is 4.74. The van der Waals surface area contributed by atoms with Gasteiger partial charge < -0.3 is 0 Å². The van der Waals surface area contributed by atoms with Gasteiger partial charge in [-0.05, 0) is 16.7 Å². The molecule has 0 aromatic heterocycles. The molecule has 0 aromatic rings. The number of rotatable bonds is 1. The number of hydrogen-bond acceptors (Lipinski definition) is 1. The normalized spacial score (nSPS) is 15.2. The second-order valence-electron chi connectivity index (χ2n) is 6.82. The summed E-state index contributed by atoms with van der Waals surface area (Å²) in [5.74, 6) is 0.593. The van der Waals surface area contributed by atoms with Crippen LogP contribution in [0.3, 0.4) is 0 Å². The molecule has 0 spiro atoms. The molecule has 0 saturated carbocycles. The zero-order chi connectivity index (χ0) is 11.1. The fourth-order valence-corrected chi connectivity index (χ4v) is 4.19. The molecule has 0 rings (SSSR count). The van der Waals surface area contributed by atoms with Crippen molar-refractivity contribution in [1.82, 2.24) is 0 Å². The first kappa shape index (κ1) is 13.4. The van der Waals surface area contributed by atoms with E-state index in [1.54, 1.807) is 0 Å². The molecule has 0 aliphatic carbocycles. The van der Waals surface area contributed by atoms with Gasteiger partial charge in [-0.2, -0.15) is 12.6 Å². The highest BCUT2D eigenvalue weighted by molar-refractivity contribution is 7.81. The molecule has 1 heteroatoms. The quantitative estimate of drug-likeness (QED) is 0.599. The molecule has 0 aromatic carbocycles. The monoisotopic (exact) mass is 202 g/mol. The first-order chi connectivity index (χ1) is 5.37. The number of hydrogen-bond donors (Lipinski definition) is 1. The predicted molar refractivity (Wildman–Crippen MR) is 65.5 cm³/mol. The number of thiol groups is 1. The Kier molecular flexibility index (Phi) is 3.58. The minimum atomic E-state index is 0.0799. The highest BCUT2D eigenvalue weighted by Gasteiger charge is 2.43. The van der Waals surface area contributed by atoms with Crippen LogP contribution in [0.5, 0.6) is 0 Å². The van der Waals surface area contributed by atoms with E-state index in [2.05, 4.69) is 55.4 Å². The standard InChI is InChI=1S/C12H26S/c1-10(2,3)9(11(4,5)6)12(7,8)13/h9,13H,1-8H3. The van der Waals surface area contributed by atoms with Gasteiger partial charge in [-0.3, -0.25) is 0 Å². The third-order valence-electron chi connectivity index (χ3n) is 2.44. The van der Waals surface area contributed by atoms with Gasteiger partial charge in [0.2, 0.25) is 0 Å².